The fraction of sp³-hybridized carbons (Fsp3) is 0.632. The molecule has 1 aromatic rings. The van der Waals surface area contributed by atoms with Crippen LogP contribution in [-0.2, 0) is 6.42 Å². The third-order valence-corrected chi connectivity index (χ3v) is 3.82. The van der Waals surface area contributed by atoms with Gasteiger partial charge in [0.1, 0.15) is 0 Å². The van der Waals surface area contributed by atoms with Crippen molar-refractivity contribution in [3.63, 3.8) is 0 Å². The fourth-order valence-electron chi connectivity index (χ4n) is 2.38. The van der Waals surface area contributed by atoms with Gasteiger partial charge in [0.2, 0.25) is 0 Å². The number of phenolic OH excluding ortho intramolecular Hbond substituents is 1. The summed E-state index contributed by atoms with van der Waals surface area (Å²) in [5.41, 5.74) is 1.09. The van der Waals surface area contributed by atoms with Crippen molar-refractivity contribution >= 4 is 29.9 Å². The Hall–Kier alpha value is -1.18. The number of benzene rings is 1. The zero-order valence-corrected chi connectivity index (χ0v) is 18.5. The van der Waals surface area contributed by atoms with Crippen LogP contribution < -0.4 is 15.4 Å². The Morgan fingerprint density at radius 3 is 2.56 bits per heavy atom. The molecule has 0 radical (unpaired) electrons. The maximum atomic E-state index is 9.63. The van der Waals surface area contributed by atoms with E-state index in [0.29, 0.717) is 18.3 Å². The number of ether oxygens (including phenoxy) is 1. The maximum absolute atomic E-state index is 9.63. The number of nitrogens with zero attached hydrogens (tertiary/aromatic N) is 1. The van der Waals surface area contributed by atoms with Gasteiger partial charge in [-0.2, -0.15) is 0 Å². The van der Waals surface area contributed by atoms with Crippen LogP contribution in [0.1, 0.15) is 46.1 Å². The van der Waals surface area contributed by atoms with Crippen molar-refractivity contribution < 1.29 is 9.84 Å². The molecule has 1 unspecified atom stereocenters. The Kier molecular flexibility index (Phi) is 12.5. The number of guanidine groups is 1. The maximum Gasteiger partial charge on any atom is 0.191 e. The first kappa shape index (κ1) is 23.8. The van der Waals surface area contributed by atoms with E-state index in [9.17, 15) is 5.11 Å². The molecule has 6 heteroatoms. The minimum atomic E-state index is 0. The summed E-state index contributed by atoms with van der Waals surface area (Å²) >= 11 is 0. The monoisotopic (exact) mass is 463 g/mol. The van der Waals surface area contributed by atoms with Gasteiger partial charge in [-0.15, -0.1) is 24.0 Å². The van der Waals surface area contributed by atoms with Crippen LogP contribution >= 0.6 is 24.0 Å². The van der Waals surface area contributed by atoms with Crippen LogP contribution in [0.3, 0.4) is 0 Å². The number of nitrogens with one attached hydrogen (secondary N) is 2. The Morgan fingerprint density at radius 1 is 1.24 bits per heavy atom. The zero-order valence-electron chi connectivity index (χ0n) is 16.1. The van der Waals surface area contributed by atoms with Gasteiger partial charge in [0.15, 0.2) is 17.5 Å². The highest BCUT2D eigenvalue weighted by atomic mass is 127. The van der Waals surface area contributed by atoms with Crippen molar-refractivity contribution in [3.8, 4) is 11.5 Å². The average Bonchev–Trinajstić information content (AvgIpc) is 2.54. The molecule has 1 rings (SSSR count). The first-order valence-electron chi connectivity index (χ1n) is 8.87. The summed E-state index contributed by atoms with van der Waals surface area (Å²) in [7, 11) is 1.56. The smallest absolute Gasteiger partial charge is 0.191 e. The van der Waals surface area contributed by atoms with E-state index < -0.39 is 0 Å². The van der Waals surface area contributed by atoms with Crippen LogP contribution in [0.4, 0.5) is 0 Å². The molecule has 0 heterocycles. The average molecular weight is 463 g/mol. The van der Waals surface area contributed by atoms with Crippen LogP contribution in [0, 0.1) is 5.92 Å². The van der Waals surface area contributed by atoms with Gasteiger partial charge in [-0.3, -0.25) is 4.99 Å². The number of hydrogen-bond donors (Lipinski definition) is 3. The van der Waals surface area contributed by atoms with Crippen LogP contribution in [0.25, 0.3) is 0 Å². The fourth-order valence-corrected chi connectivity index (χ4v) is 2.38. The molecular weight excluding hydrogens is 429 g/mol. The van der Waals surface area contributed by atoms with E-state index in [-0.39, 0.29) is 29.7 Å². The van der Waals surface area contributed by atoms with E-state index in [4.69, 9.17) is 4.74 Å². The number of hydrogen-bond acceptors (Lipinski definition) is 3. The lowest BCUT2D eigenvalue weighted by Crippen LogP contribution is -2.42. The number of methoxy groups -OCH3 is 1. The summed E-state index contributed by atoms with van der Waals surface area (Å²) in [6.07, 6.45) is 3.14. The molecule has 0 aliphatic heterocycles. The first-order valence-corrected chi connectivity index (χ1v) is 8.87. The molecule has 25 heavy (non-hydrogen) atoms. The molecular formula is C19H34IN3O2. The van der Waals surface area contributed by atoms with E-state index in [0.717, 1.165) is 36.8 Å². The summed E-state index contributed by atoms with van der Waals surface area (Å²) in [6, 6.07) is 5.82. The normalized spacial score (nSPS) is 12.5. The Balaban J connectivity index is 0.00000576. The van der Waals surface area contributed by atoms with Crippen molar-refractivity contribution in [1.29, 1.82) is 0 Å². The number of phenols is 1. The number of halogens is 1. The Labute approximate surface area is 169 Å². The van der Waals surface area contributed by atoms with Crippen molar-refractivity contribution in [2.75, 3.05) is 20.2 Å². The van der Waals surface area contributed by atoms with E-state index in [1.54, 1.807) is 13.2 Å². The van der Waals surface area contributed by atoms with Crippen molar-refractivity contribution in [2.24, 2.45) is 10.9 Å². The largest absolute Gasteiger partial charge is 0.504 e. The first-order chi connectivity index (χ1) is 11.5. The molecule has 5 nitrogen and oxygen atoms in total. The highest BCUT2D eigenvalue weighted by Crippen LogP contribution is 2.26. The van der Waals surface area contributed by atoms with Gasteiger partial charge in [-0.25, -0.2) is 0 Å². The molecule has 0 spiro atoms. The molecule has 0 amide bonds. The molecule has 0 saturated carbocycles. The summed E-state index contributed by atoms with van der Waals surface area (Å²) in [6.45, 7) is 10.3. The molecule has 0 bridgehead atoms. The molecule has 0 saturated heterocycles. The van der Waals surface area contributed by atoms with Crippen molar-refractivity contribution in [3.05, 3.63) is 23.8 Å². The van der Waals surface area contributed by atoms with Gasteiger partial charge in [0, 0.05) is 19.1 Å². The van der Waals surface area contributed by atoms with Gasteiger partial charge >= 0.3 is 0 Å². The molecule has 0 aliphatic rings. The van der Waals surface area contributed by atoms with Crippen LogP contribution in [0.5, 0.6) is 11.5 Å². The summed E-state index contributed by atoms with van der Waals surface area (Å²) < 4.78 is 5.14. The Bertz CT molecular complexity index is 521. The van der Waals surface area contributed by atoms with Gasteiger partial charge in [-0.1, -0.05) is 19.9 Å². The van der Waals surface area contributed by atoms with Gasteiger partial charge < -0.3 is 20.5 Å². The molecule has 144 valence electrons. The lowest BCUT2D eigenvalue weighted by Gasteiger charge is -2.18. The van der Waals surface area contributed by atoms with Crippen LogP contribution in [0.15, 0.2) is 23.2 Å². The lowest BCUT2D eigenvalue weighted by molar-refractivity contribution is 0.373. The second-order valence-electron chi connectivity index (χ2n) is 6.53. The molecule has 1 aromatic carbocycles. The predicted molar refractivity (Wildman–Crippen MR) is 116 cm³/mol. The van der Waals surface area contributed by atoms with E-state index in [2.05, 4.69) is 43.3 Å². The third kappa shape index (κ3) is 9.77. The summed E-state index contributed by atoms with van der Waals surface area (Å²) in [5.74, 6) is 2.25. The second kappa shape index (κ2) is 13.1. The van der Waals surface area contributed by atoms with E-state index in [1.807, 2.05) is 12.1 Å². The standard InChI is InChI=1S/C19H33N3O2.HI/c1-6-20-19(22-15(4)8-7-14(2)3)21-12-11-16-9-10-17(23)18(13-16)24-5;/h9-10,13-15,23H,6-8,11-12H2,1-5H3,(H2,20,21,22);1H. The quantitative estimate of drug-likeness (QED) is 0.295. The topological polar surface area (TPSA) is 65.9 Å². The van der Waals surface area contributed by atoms with Crippen LogP contribution in [-0.4, -0.2) is 37.3 Å². The molecule has 0 aromatic heterocycles. The zero-order chi connectivity index (χ0) is 17.9. The Morgan fingerprint density at radius 2 is 1.96 bits per heavy atom. The second-order valence-corrected chi connectivity index (χ2v) is 6.53. The lowest BCUT2D eigenvalue weighted by atomic mass is 10.0. The number of aliphatic imine (C=N–C) groups is 1. The van der Waals surface area contributed by atoms with Crippen molar-refractivity contribution in [2.45, 2.75) is 53.0 Å². The van der Waals surface area contributed by atoms with Crippen LogP contribution in [0.2, 0.25) is 0 Å². The predicted octanol–water partition coefficient (Wildman–Crippen LogP) is 3.94. The molecule has 3 N–H and O–H groups in total. The summed E-state index contributed by atoms with van der Waals surface area (Å²) in [4.78, 5) is 4.64. The SMILES string of the molecule is CCNC(=NCCc1ccc(O)c(OC)c1)NC(C)CCC(C)C.I. The van der Waals surface area contributed by atoms with E-state index >= 15 is 0 Å². The van der Waals surface area contributed by atoms with Gasteiger partial charge in [0.05, 0.1) is 7.11 Å². The highest BCUT2D eigenvalue weighted by molar-refractivity contribution is 14.0. The third-order valence-electron chi connectivity index (χ3n) is 3.82. The number of rotatable bonds is 9. The minimum Gasteiger partial charge on any atom is -0.504 e. The number of aromatic hydroxyl groups is 1. The molecule has 0 aliphatic carbocycles. The van der Waals surface area contributed by atoms with Crippen molar-refractivity contribution in [1.82, 2.24) is 10.6 Å². The molecule has 1 atom stereocenters. The van der Waals surface area contributed by atoms with E-state index in [1.165, 1.54) is 6.42 Å². The van der Waals surface area contributed by atoms with Gasteiger partial charge in [0.25, 0.3) is 0 Å². The highest BCUT2D eigenvalue weighted by Gasteiger charge is 2.07. The molecule has 0 fully saturated rings. The minimum absolute atomic E-state index is 0. The van der Waals surface area contributed by atoms with Gasteiger partial charge in [-0.05, 0) is 56.7 Å². The summed E-state index contributed by atoms with van der Waals surface area (Å²) in [5, 5.41) is 16.4.